The largest absolute Gasteiger partial charge is 0.497 e. The first kappa shape index (κ1) is 19.8. The fourth-order valence-corrected chi connectivity index (χ4v) is 5.06. The zero-order chi connectivity index (χ0) is 20.3. The van der Waals surface area contributed by atoms with Crippen molar-refractivity contribution < 1.29 is 14.3 Å². The van der Waals surface area contributed by atoms with E-state index in [1.54, 1.807) is 7.11 Å². The Labute approximate surface area is 172 Å². The van der Waals surface area contributed by atoms with Crippen LogP contribution in [0.3, 0.4) is 0 Å². The fourth-order valence-electron chi connectivity index (χ4n) is 5.06. The summed E-state index contributed by atoms with van der Waals surface area (Å²) in [6.45, 7) is 2.42. The Morgan fingerprint density at radius 2 is 1.93 bits per heavy atom. The van der Waals surface area contributed by atoms with Crippen molar-refractivity contribution >= 4 is 6.09 Å². The van der Waals surface area contributed by atoms with Gasteiger partial charge in [0.25, 0.3) is 0 Å². The summed E-state index contributed by atoms with van der Waals surface area (Å²) in [4.78, 5) is 12.6. The van der Waals surface area contributed by atoms with Gasteiger partial charge in [-0.2, -0.15) is 0 Å². The molecule has 0 aromatic heterocycles. The molecule has 5 rings (SSSR count). The first-order valence-electron chi connectivity index (χ1n) is 10.5. The van der Waals surface area contributed by atoms with Gasteiger partial charge in [-0.25, -0.2) is 4.79 Å². The topological polar surface area (TPSA) is 59.6 Å². The summed E-state index contributed by atoms with van der Waals surface area (Å²) in [5, 5.41) is 6.92. The number of rotatable bonds is 7. The number of amides is 1. The molecule has 3 fully saturated rings. The van der Waals surface area contributed by atoms with Gasteiger partial charge in [-0.1, -0.05) is 49.4 Å². The summed E-state index contributed by atoms with van der Waals surface area (Å²) in [7, 11) is 1.68. The molecule has 2 saturated heterocycles. The number of ether oxygens (including phenoxy) is 2. The highest BCUT2D eigenvalue weighted by Gasteiger charge is 2.55. The molecule has 2 heterocycles. The quantitative estimate of drug-likeness (QED) is 0.740. The molecule has 5 nitrogen and oxygen atoms in total. The number of carbonyl (C=O) groups is 1. The lowest BCUT2D eigenvalue weighted by Crippen LogP contribution is -2.72. The van der Waals surface area contributed by atoms with Crippen molar-refractivity contribution in [2.24, 2.45) is 0 Å². The van der Waals surface area contributed by atoms with Crippen LogP contribution in [0, 0.1) is 0 Å². The van der Waals surface area contributed by atoms with E-state index in [2.05, 4.69) is 29.7 Å². The lowest BCUT2D eigenvalue weighted by Gasteiger charge is -2.59. The predicted molar refractivity (Wildman–Crippen MR) is 113 cm³/mol. The second kappa shape index (κ2) is 8.46. The van der Waals surface area contributed by atoms with Crippen LogP contribution in [-0.4, -0.2) is 31.3 Å². The number of carbonyl (C=O) groups excluding carboxylic acids is 1. The first-order valence-corrected chi connectivity index (χ1v) is 10.5. The monoisotopic (exact) mass is 394 g/mol. The Morgan fingerprint density at radius 3 is 2.52 bits per heavy atom. The molecule has 0 radical (unpaired) electrons. The number of nitrogens with one attached hydrogen (secondary N) is 2. The molecule has 1 amide bonds. The van der Waals surface area contributed by atoms with Crippen LogP contribution < -0.4 is 15.4 Å². The molecule has 4 unspecified atom stereocenters. The van der Waals surface area contributed by atoms with Gasteiger partial charge >= 0.3 is 6.09 Å². The Bertz CT molecular complexity index is 815. The molecular formula is C24H30N2O3. The summed E-state index contributed by atoms with van der Waals surface area (Å²) >= 11 is 0. The van der Waals surface area contributed by atoms with E-state index >= 15 is 0 Å². The molecule has 29 heavy (non-hydrogen) atoms. The van der Waals surface area contributed by atoms with E-state index in [-0.39, 0.29) is 24.2 Å². The summed E-state index contributed by atoms with van der Waals surface area (Å²) < 4.78 is 10.9. The Morgan fingerprint density at radius 1 is 1.21 bits per heavy atom. The zero-order valence-electron chi connectivity index (χ0n) is 17.2. The average molecular weight is 395 g/mol. The number of methoxy groups -OCH3 is 1. The highest BCUT2D eigenvalue weighted by Crippen LogP contribution is 2.48. The van der Waals surface area contributed by atoms with Crippen LogP contribution in [0.4, 0.5) is 4.79 Å². The molecule has 1 aliphatic carbocycles. The van der Waals surface area contributed by atoms with Crippen LogP contribution in [0.1, 0.15) is 43.7 Å². The van der Waals surface area contributed by atoms with E-state index in [1.165, 1.54) is 5.56 Å². The van der Waals surface area contributed by atoms with Crippen molar-refractivity contribution in [2.75, 3.05) is 7.11 Å². The van der Waals surface area contributed by atoms with Gasteiger partial charge in [0.15, 0.2) is 0 Å². The summed E-state index contributed by atoms with van der Waals surface area (Å²) in [5.74, 6) is 0.849. The van der Waals surface area contributed by atoms with E-state index in [9.17, 15) is 4.79 Å². The maximum absolute atomic E-state index is 12.6. The predicted octanol–water partition coefficient (Wildman–Crippen LogP) is 4.16. The van der Waals surface area contributed by atoms with Crippen molar-refractivity contribution in [3.8, 4) is 5.75 Å². The van der Waals surface area contributed by atoms with Gasteiger partial charge in [-0.15, -0.1) is 0 Å². The van der Waals surface area contributed by atoms with E-state index in [1.807, 2.05) is 42.5 Å². The van der Waals surface area contributed by atoms with E-state index < -0.39 is 0 Å². The molecule has 2 aliphatic heterocycles. The van der Waals surface area contributed by atoms with E-state index in [0.29, 0.717) is 12.1 Å². The molecule has 2 aromatic carbocycles. The minimum absolute atomic E-state index is 0.00193. The first-order chi connectivity index (χ1) is 14.2. The van der Waals surface area contributed by atoms with E-state index in [4.69, 9.17) is 9.47 Å². The van der Waals surface area contributed by atoms with Gasteiger partial charge in [0.05, 0.1) is 7.11 Å². The number of hydrogen-bond donors (Lipinski definition) is 2. The third kappa shape index (κ3) is 3.84. The normalized spacial score (nSPS) is 26.1. The van der Waals surface area contributed by atoms with Gasteiger partial charge in [-0.3, -0.25) is 0 Å². The minimum atomic E-state index is -0.352. The van der Waals surface area contributed by atoms with Crippen molar-refractivity contribution in [2.45, 2.75) is 62.8 Å². The van der Waals surface area contributed by atoms with Crippen molar-refractivity contribution in [1.29, 1.82) is 0 Å². The lowest BCUT2D eigenvalue weighted by atomic mass is 9.56. The minimum Gasteiger partial charge on any atom is -0.497 e. The molecule has 2 N–H and O–H groups in total. The SMILES string of the molecule is CCC(NC(=O)OCc1ccccc1)C1(c2ccc(OC)cc2)CCC2CC1N2. The second-order valence-electron chi connectivity index (χ2n) is 8.13. The molecule has 5 heteroatoms. The third-order valence-corrected chi connectivity index (χ3v) is 6.65. The summed E-state index contributed by atoms with van der Waals surface area (Å²) in [5.41, 5.74) is 2.10. The van der Waals surface area contributed by atoms with Crippen LogP contribution in [0.15, 0.2) is 54.6 Å². The van der Waals surface area contributed by atoms with Gasteiger partial charge in [-0.05, 0) is 48.9 Å². The molecular weight excluding hydrogens is 364 g/mol. The Hall–Kier alpha value is -2.53. The van der Waals surface area contributed by atoms with Crippen molar-refractivity contribution in [3.63, 3.8) is 0 Å². The second-order valence-corrected chi connectivity index (χ2v) is 8.13. The third-order valence-electron chi connectivity index (χ3n) is 6.65. The molecule has 0 spiro atoms. The number of hydrogen-bond acceptors (Lipinski definition) is 4. The fraction of sp³-hybridized carbons (Fsp3) is 0.458. The molecule has 2 bridgehead atoms. The number of piperidine rings is 1. The van der Waals surface area contributed by atoms with E-state index in [0.717, 1.165) is 37.0 Å². The van der Waals surface area contributed by atoms with Gasteiger partial charge < -0.3 is 20.1 Å². The summed E-state index contributed by atoms with van der Waals surface area (Å²) in [6.07, 6.45) is 3.83. The van der Waals surface area contributed by atoms with Crippen LogP contribution >= 0.6 is 0 Å². The molecule has 1 saturated carbocycles. The van der Waals surface area contributed by atoms with Gasteiger partial charge in [0.2, 0.25) is 0 Å². The van der Waals surface area contributed by atoms with Crippen LogP contribution in [0.2, 0.25) is 0 Å². The molecule has 2 aromatic rings. The number of alkyl carbamates (subject to hydrolysis) is 1. The number of benzene rings is 2. The Kier molecular flexibility index (Phi) is 5.76. The van der Waals surface area contributed by atoms with Crippen LogP contribution in [0.25, 0.3) is 0 Å². The van der Waals surface area contributed by atoms with Gasteiger partial charge in [0, 0.05) is 23.5 Å². The van der Waals surface area contributed by atoms with Crippen molar-refractivity contribution in [1.82, 2.24) is 10.6 Å². The summed E-state index contributed by atoms with van der Waals surface area (Å²) in [6, 6.07) is 19.1. The maximum Gasteiger partial charge on any atom is 0.407 e. The maximum atomic E-state index is 12.6. The highest BCUT2D eigenvalue weighted by atomic mass is 16.5. The van der Waals surface area contributed by atoms with Crippen LogP contribution in [0.5, 0.6) is 5.75 Å². The Balaban J connectivity index is 1.53. The smallest absolute Gasteiger partial charge is 0.407 e. The standard InChI is InChI=1S/C24H30N2O3/c1-3-21(26-23(27)29-16-17-7-5-4-6-8-17)24(14-13-19-15-22(24)25-19)18-9-11-20(28-2)12-10-18/h4-12,19,21-22,25H,3,13-16H2,1-2H3,(H,26,27). The zero-order valence-corrected chi connectivity index (χ0v) is 17.2. The molecule has 154 valence electrons. The molecule has 4 atom stereocenters. The lowest BCUT2D eigenvalue weighted by molar-refractivity contribution is 0.0462. The van der Waals surface area contributed by atoms with Gasteiger partial charge in [0.1, 0.15) is 12.4 Å². The molecule has 3 aliphatic rings. The highest BCUT2D eigenvalue weighted by molar-refractivity contribution is 5.68. The number of fused-ring (bicyclic) bond motifs is 2. The average Bonchev–Trinajstić information content (AvgIpc) is 2.76. The van der Waals surface area contributed by atoms with Crippen molar-refractivity contribution in [3.05, 3.63) is 65.7 Å². The van der Waals surface area contributed by atoms with Crippen LogP contribution in [-0.2, 0) is 16.8 Å².